The Bertz CT molecular complexity index is 421. The first-order valence-electron chi connectivity index (χ1n) is 6.64. The summed E-state index contributed by atoms with van der Waals surface area (Å²) in [4.78, 5) is 2.26. The minimum absolute atomic E-state index is 0. The van der Waals surface area contributed by atoms with E-state index < -0.39 is 11.7 Å². The molecule has 2 nitrogen and oxygen atoms in total. The monoisotopic (exact) mass is 344 g/mol. The SMILES string of the molecule is CC[C@@H](c1cccc(C(F)(F)F)c1)N1CCNCC1.Cl.Cl. The van der Waals surface area contributed by atoms with Crippen molar-refractivity contribution in [2.45, 2.75) is 25.6 Å². The number of halogens is 5. The van der Waals surface area contributed by atoms with Gasteiger partial charge in [0.1, 0.15) is 0 Å². The molecule has 0 spiro atoms. The molecular formula is C14H21Cl2F3N2. The predicted molar refractivity (Wildman–Crippen MR) is 83.4 cm³/mol. The lowest BCUT2D eigenvalue weighted by atomic mass is 9.99. The summed E-state index contributed by atoms with van der Waals surface area (Å²) in [6, 6.07) is 5.79. The van der Waals surface area contributed by atoms with Crippen LogP contribution in [0.3, 0.4) is 0 Å². The second kappa shape index (κ2) is 8.83. The second-order valence-corrected chi connectivity index (χ2v) is 4.83. The number of piperazine rings is 1. The molecule has 1 fully saturated rings. The van der Waals surface area contributed by atoms with Gasteiger partial charge in [-0.15, -0.1) is 24.8 Å². The molecule has 2 rings (SSSR count). The Balaban J connectivity index is 0.00000200. The third-order valence-corrected chi connectivity index (χ3v) is 3.58. The van der Waals surface area contributed by atoms with Crippen molar-refractivity contribution in [1.29, 1.82) is 0 Å². The minimum atomic E-state index is -4.27. The van der Waals surface area contributed by atoms with Crippen LogP contribution >= 0.6 is 24.8 Å². The van der Waals surface area contributed by atoms with E-state index in [1.807, 2.05) is 6.92 Å². The average molecular weight is 345 g/mol. The molecule has 1 aromatic carbocycles. The molecule has 1 atom stereocenters. The molecule has 1 aliphatic rings. The van der Waals surface area contributed by atoms with E-state index in [9.17, 15) is 13.2 Å². The summed E-state index contributed by atoms with van der Waals surface area (Å²) in [5.74, 6) is 0. The van der Waals surface area contributed by atoms with Crippen molar-refractivity contribution in [2.24, 2.45) is 0 Å². The van der Waals surface area contributed by atoms with Gasteiger partial charge in [0, 0.05) is 32.2 Å². The molecule has 1 aliphatic heterocycles. The van der Waals surface area contributed by atoms with Gasteiger partial charge in [0.2, 0.25) is 0 Å². The predicted octanol–water partition coefficient (Wildman–Crippen LogP) is 3.91. The summed E-state index contributed by atoms with van der Waals surface area (Å²) in [7, 11) is 0. The maximum absolute atomic E-state index is 12.8. The largest absolute Gasteiger partial charge is 0.416 e. The molecule has 0 aromatic heterocycles. The fourth-order valence-electron chi connectivity index (χ4n) is 2.62. The van der Waals surface area contributed by atoms with Gasteiger partial charge in [-0.25, -0.2) is 0 Å². The van der Waals surface area contributed by atoms with Crippen LogP contribution in [-0.2, 0) is 6.18 Å². The second-order valence-electron chi connectivity index (χ2n) is 4.83. The lowest BCUT2D eigenvalue weighted by Crippen LogP contribution is -2.45. The van der Waals surface area contributed by atoms with Crippen molar-refractivity contribution in [3.05, 3.63) is 35.4 Å². The molecule has 0 bridgehead atoms. The molecule has 0 radical (unpaired) electrons. The van der Waals surface area contributed by atoms with E-state index in [0.29, 0.717) is 0 Å². The highest BCUT2D eigenvalue weighted by Crippen LogP contribution is 2.32. The van der Waals surface area contributed by atoms with Crippen LogP contribution in [0.2, 0.25) is 0 Å². The van der Waals surface area contributed by atoms with E-state index in [2.05, 4.69) is 10.2 Å². The zero-order valence-electron chi connectivity index (χ0n) is 11.8. The summed E-state index contributed by atoms with van der Waals surface area (Å²) < 4.78 is 38.3. The van der Waals surface area contributed by atoms with Crippen molar-refractivity contribution >= 4 is 24.8 Å². The van der Waals surface area contributed by atoms with E-state index in [4.69, 9.17) is 0 Å². The van der Waals surface area contributed by atoms with E-state index in [-0.39, 0.29) is 30.9 Å². The summed E-state index contributed by atoms with van der Waals surface area (Å²) in [6.07, 6.45) is -3.45. The molecule has 1 heterocycles. The van der Waals surface area contributed by atoms with Crippen LogP contribution in [0.4, 0.5) is 13.2 Å². The van der Waals surface area contributed by atoms with Gasteiger partial charge >= 0.3 is 6.18 Å². The third-order valence-electron chi connectivity index (χ3n) is 3.58. The topological polar surface area (TPSA) is 15.3 Å². The Morgan fingerprint density at radius 1 is 1.19 bits per heavy atom. The van der Waals surface area contributed by atoms with E-state index in [1.54, 1.807) is 6.07 Å². The van der Waals surface area contributed by atoms with Crippen molar-refractivity contribution in [3.63, 3.8) is 0 Å². The van der Waals surface area contributed by atoms with Gasteiger partial charge in [-0.1, -0.05) is 19.1 Å². The normalized spacial score (nSPS) is 17.5. The summed E-state index contributed by atoms with van der Waals surface area (Å²) in [5.41, 5.74) is 0.206. The highest BCUT2D eigenvalue weighted by molar-refractivity contribution is 5.85. The lowest BCUT2D eigenvalue weighted by Gasteiger charge is -2.35. The molecule has 1 aromatic rings. The van der Waals surface area contributed by atoms with Gasteiger partial charge in [-0.2, -0.15) is 13.2 Å². The first kappa shape index (κ1) is 20.5. The van der Waals surface area contributed by atoms with Crippen molar-refractivity contribution in [1.82, 2.24) is 10.2 Å². The molecule has 122 valence electrons. The Labute approximate surface area is 135 Å². The van der Waals surface area contributed by atoms with Crippen LogP contribution in [0, 0.1) is 0 Å². The number of hydrogen-bond donors (Lipinski definition) is 1. The van der Waals surface area contributed by atoms with Gasteiger partial charge < -0.3 is 5.32 Å². The summed E-state index contributed by atoms with van der Waals surface area (Å²) in [5, 5.41) is 3.26. The number of rotatable bonds is 3. The Hall–Kier alpha value is -0.490. The van der Waals surface area contributed by atoms with Crippen molar-refractivity contribution in [3.8, 4) is 0 Å². The molecule has 0 aliphatic carbocycles. The number of hydrogen-bond acceptors (Lipinski definition) is 2. The number of alkyl halides is 3. The summed E-state index contributed by atoms with van der Waals surface area (Å²) >= 11 is 0. The van der Waals surface area contributed by atoms with Crippen molar-refractivity contribution in [2.75, 3.05) is 26.2 Å². The van der Waals surface area contributed by atoms with Gasteiger partial charge in [0.05, 0.1) is 5.56 Å². The molecule has 1 N–H and O–H groups in total. The van der Waals surface area contributed by atoms with Gasteiger partial charge in [0.25, 0.3) is 0 Å². The van der Waals surface area contributed by atoms with Crippen LogP contribution in [0.25, 0.3) is 0 Å². The Morgan fingerprint density at radius 2 is 1.81 bits per heavy atom. The molecule has 0 unspecified atom stereocenters. The molecule has 21 heavy (non-hydrogen) atoms. The number of nitrogens with one attached hydrogen (secondary N) is 1. The number of nitrogens with zero attached hydrogens (tertiary/aromatic N) is 1. The smallest absolute Gasteiger partial charge is 0.314 e. The van der Waals surface area contributed by atoms with Crippen molar-refractivity contribution < 1.29 is 13.2 Å². The lowest BCUT2D eigenvalue weighted by molar-refractivity contribution is -0.137. The molecule has 1 saturated heterocycles. The maximum atomic E-state index is 12.8. The zero-order chi connectivity index (χ0) is 13.9. The van der Waals surface area contributed by atoms with Crippen LogP contribution in [0.1, 0.15) is 30.5 Å². The molecule has 7 heteroatoms. The van der Waals surface area contributed by atoms with Gasteiger partial charge in [0.15, 0.2) is 0 Å². The van der Waals surface area contributed by atoms with Crippen LogP contribution in [-0.4, -0.2) is 31.1 Å². The van der Waals surface area contributed by atoms with Crippen LogP contribution < -0.4 is 5.32 Å². The molecule has 0 amide bonds. The Kier molecular flexibility index (Phi) is 8.63. The maximum Gasteiger partial charge on any atom is 0.416 e. The van der Waals surface area contributed by atoms with Crippen LogP contribution in [0.15, 0.2) is 24.3 Å². The van der Waals surface area contributed by atoms with Crippen LogP contribution in [0.5, 0.6) is 0 Å². The highest BCUT2D eigenvalue weighted by atomic mass is 35.5. The fraction of sp³-hybridized carbons (Fsp3) is 0.571. The first-order chi connectivity index (χ1) is 9.02. The number of benzene rings is 1. The van der Waals surface area contributed by atoms with E-state index in [0.717, 1.165) is 44.2 Å². The highest BCUT2D eigenvalue weighted by Gasteiger charge is 2.31. The Morgan fingerprint density at radius 3 is 2.33 bits per heavy atom. The third kappa shape index (κ3) is 5.33. The summed E-state index contributed by atoms with van der Waals surface area (Å²) in [6.45, 7) is 5.58. The van der Waals surface area contributed by atoms with Gasteiger partial charge in [-0.05, 0) is 24.1 Å². The van der Waals surface area contributed by atoms with Gasteiger partial charge in [-0.3, -0.25) is 4.90 Å². The molecular weight excluding hydrogens is 324 g/mol. The molecule has 0 saturated carbocycles. The minimum Gasteiger partial charge on any atom is -0.314 e. The van der Waals surface area contributed by atoms with E-state index >= 15 is 0 Å². The van der Waals surface area contributed by atoms with E-state index in [1.165, 1.54) is 12.1 Å². The fourth-order valence-corrected chi connectivity index (χ4v) is 2.62. The quantitative estimate of drug-likeness (QED) is 0.894. The zero-order valence-corrected chi connectivity index (χ0v) is 13.5. The standard InChI is InChI=1S/C14H19F3N2.2ClH/c1-2-13(19-8-6-18-7-9-19)11-4-3-5-12(10-11)14(15,16)17;;/h3-5,10,13,18H,2,6-9H2,1H3;2*1H/t13-;;/m0../s1. The first-order valence-corrected chi connectivity index (χ1v) is 6.64. The average Bonchev–Trinajstić information content (AvgIpc) is 2.40.